The number of ether oxygens (including phenoxy) is 1. The van der Waals surface area contributed by atoms with Crippen LogP contribution in [-0.4, -0.2) is 16.1 Å². The van der Waals surface area contributed by atoms with E-state index in [0.29, 0.717) is 23.4 Å². The number of hydrogen-bond donors (Lipinski definition) is 2. The highest BCUT2D eigenvalue weighted by Crippen LogP contribution is 2.30. The van der Waals surface area contributed by atoms with Crippen LogP contribution in [0.5, 0.6) is 11.6 Å². The Balaban J connectivity index is 1.67. The Hall–Kier alpha value is -4.03. The zero-order valence-electron chi connectivity index (χ0n) is 16.5. The number of benzene rings is 3. The predicted molar refractivity (Wildman–Crippen MR) is 116 cm³/mol. The molecule has 0 fully saturated rings. The average Bonchev–Trinajstić information content (AvgIpc) is 2.79. The number of hydrogen-bond acceptors (Lipinski definition) is 4. The van der Waals surface area contributed by atoms with Crippen molar-refractivity contribution in [2.24, 2.45) is 5.73 Å². The van der Waals surface area contributed by atoms with Crippen LogP contribution in [0.1, 0.15) is 15.9 Å². The minimum atomic E-state index is -1.04. The number of carboxylic acid groups (broad SMARTS) is 1. The maximum atomic E-state index is 14.3. The van der Waals surface area contributed by atoms with Crippen molar-refractivity contribution in [3.8, 4) is 34.0 Å². The largest absolute Gasteiger partial charge is 0.478 e. The lowest BCUT2D eigenvalue weighted by atomic mass is 10.0. The van der Waals surface area contributed by atoms with Gasteiger partial charge in [0.15, 0.2) is 0 Å². The molecule has 3 aromatic carbocycles. The maximum absolute atomic E-state index is 14.3. The van der Waals surface area contributed by atoms with E-state index in [1.165, 1.54) is 18.2 Å². The lowest BCUT2D eigenvalue weighted by molar-refractivity contribution is 0.0697. The van der Waals surface area contributed by atoms with Crippen molar-refractivity contribution in [1.29, 1.82) is 0 Å². The molecule has 5 nitrogen and oxygen atoms in total. The van der Waals surface area contributed by atoms with Crippen molar-refractivity contribution in [2.75, 3.05) is 0 Å². The molecule has 0 saturated heterocycles. The molecule has 6 heteroatoms. The summed E-state index contributed by atoms with van der Waals surface area (Å²) in [5.41, 5.74) is 9.18. The van der Waals surface area contributed by atoms with Gasteiger partial charge in [0.25, 0.3) is 0 Å². The van der Waals surface area contributed by atoms with E-state index in [0.717, 1.165) is 11.1 Å². The fraction of sp³-hybridized carbons (Fsp3) is 0.0400. The lowest BCUT2D eigenvalue weighted by Gasteiger charge is -2.11. The van der Waals surface area contributed by atoms with Crippen molar-refractivity contribution in [3.63, 3.8) is 0 Å². The number of nitrogens with zero attached hydrogens (tertiary/aromatic N) is 1. The number of aromatic nitrogens is 1. The van der Waals surface area contributed by atoms with Gasteiger partial charge in [-0.2, -0.15) is 0 Å². The average molecular weight is 414 g/mol. The fourth-order valence-corrected chi connectivity index (χ4v) is 3.30. The van der Waals surface area contributed by atoms with Gasteiger partial charge in [-0.15, -0.1) is 0 Å². The molecule has 4 rings (SSSR count). The zero-order chi connectivity index (χ0) is 21.8. The standard InChI is InChI=1S/C25H19FN2O3/c26-19-12-18(17-6-3-5-16(11-17)15-27)13-20(14-19)31-24-10-4-9-23(28-24)21-7-1-2-8-22(21)25(29)30/h1-14H,15,27H2,(H,29,30). The van der Waals surface area contributed by atoms with Crippen molar-refractivity contribution in [3.05, 3.63) is 102 Å². The fourth-order valence-electron chi connectivity index (χ4n) is 3.30. The molecule has 154 valence electrons. The third-order valence-electron chi connectivity index (χ3n) is 4.75. The number of halogens is 1. The van der Waals surface area contributed by atoms with Crippen LogP contribution in [-0.2, 0) is 6.54 Å². The minimum absolute atomic E-state index is 0.139. The van der Waals surface area contributed by atoms with Crippen LogP contribution in [0, 0.1) is 5.82 Å². The van der Waals surface area contributed by atoms with Gasteiger partial charge in [-0.3, -0.25) is 0 Å². The Labute approximate surface area is 178 Å². The van der Waals surface area contributed by atoms with Gasteiger partial charge in [0.2, 0.25) is 5.88 Å². The smallest absolute Gasteiger partial charge is 0.336 e. The maximum Gasteiger partial charge on any atom is 0.336 e. The molecule has 0 aliphatic carbocycles. The van der Waals surface area contributed by atoms with E-state index >= 15 is 0 Å². The molecule has 1 heterocycles. The van der Waals surface area contributed by atoms with E-state index in [1.807, 2.05) is 24.3 Å². The number of pyridine rings is 1. The highest BCUT2D eigenvalue weighted by Gasteiger charge is 2.13. The Morgan fingerprint density at radius 1 is 0.935 bits per heavy atom. The summed E-state index contributed by atoms with van der Waals surface area (Å²) < 4.78 is 20.1. The Kier molecular flexibility index (Phi) is 5.73. The minimum Gasteiger partial charge on any atom is -0.478 e. The van der Waals surface area contributed by atoms with Crippen molar-refractivity contribution < 1.29 is 19.0 Å². The first-order valence-corrected chi connectivity index (χ1v) is 9.61. The zero-order valence-corrected chi connectivity index (χ0v) is 16.5. The summed E-state index contributed by atoms with van der Waals surface area (Å²) in [5.74, 6) is -0.981. The number of carbonyl (C=O) groups is 1. The van der Waals surface area contributed by atoms with Crippen LogP contribution in [0.15, 0.2) is 84.9 Å². The topological polar surface area (TPSA) is 85.4 Å². The molecular weight excluding hydrogens is 395 g/mol. The predicted octanol–water partition coefficient (Wildman–Crippen LogP) is 5.50. The SMILES string of the molecule is NCc1cccc(-c2cc(F)cc(Oc3cccc(-c4ccccc4C(=O)O)n3)c2)c1. The summed E-state index contributed by atoms with van der Waals surface area (Å²) in [5, 5.41) is 9.43. The number of rotatable bonds is 6. The van der Waals surface area contributed by atoms with Gasteiger partial charge in [-0.25, -0.2) is 14.2 Å². The third kappa shape index (κ3) is 4.60. The molecule has 0 saturated carbocycles. The molecule has 0 aliphatic heterocycles. The summed E-state index contributed by atoms with van der Waals surface area (Å²) in [4.78, 5) is 15.9. The number of aromatic carboxylic acids is 1. The van der Waals surface area contributed by atoms with Gasteiger partial charge < -0.3 is 15.6 Å². The first-order chi connectivity index (χ1) is 15.0. The van der Waals surface area contributed by atoms with Crippen LogP contribution >= 0.6 is 0 Å². The van der Waals surface area contributed by atoms with E-state index in [4.69, 9.17) is 10.5 Å². The van der Waals surface area contributed by atoms with E-state index in [9.17, 15) is 14.3 Å². The monoisotopic (exact) mass is 414 g/mol. The molecular formula is C25H19FN2O3. The Bertz CT molecular complexity index is 1260. The molecule has 3 N–H and O–H groups in total. The summed E-state index contributed by atoms with van der Waals surface area (Å²) in [7, 11) is 0. The van der Waals surface area contributed by atoms with Crippen LogP contribution in [0.2, 0.25) is 0 Å². The molecule has 0 amide bonds. The van der Waals surface area contributed by atoms with E-state index in [-0.39, 0.29) is 17.2 Å². The first-order valence-electron chi connectivity index (χ1n) is 9.61. The van der Waals surface area contributed by atoms with Crippen LogP contribution in [0.3, 0.4) is 0 Å². The second kappa shape index (κ2) is 8.77. The summed E-state index contributed by atoms with van der Waals surface area (Å²) in [6.07, 6.45) is 0. The van der Waals surface area contributed by atoms with Crippen LogP contribution < -0.4 is 10.5 Å². The first kappa shape index (κ1) is 20.3. The van der Waals surface area contributed by atoms with Gasteiger partial charge in [0, 0.05) is 24.2 Å². The summed E-state index contributed by atoms with van der Waals surface area (Å²) in [6, 6.07) is 23.6. The molecule has 0 radical (unpaired) electrons. The molecule has 0 spiro atoms. The number of carboxylic acids is 1. The highest BCUT2D eigenvalue weighted by molar-refractivity contribution is 5.95. The van der Waals surface area contributed by atoms with Crippen molar-refractivity contribution in [2.45, 2.75) is 6.54 Å². The van der Waals surface area contributed by atoms with Crippen LogP contribution in [0.25, 0.3) is 22.4 Å². The summed E-state index contributed by atoms with van der Waals surface area (Å²) in [6.45, 7) is 0.390. The lowest BCUT2D eigenvalue weighted by Crippen LogP contribution is -2.00. The normalized spacial score (nSPS) is 10.6. The molecule has 0 atom stereocenters. The third-order valence-corrected chi connectivity index (χ3v) is 4.75. The van der Waals surface area contributed by atoms with E-state index in [1.54, 1.807) is 42.5 Å². The van der Waals surface area contributed by atoms with Crippen molar-refractivity contribution >= 4 is 5.97 Å². The molecule has 1 aromatic heterocycles. The molecule has 0 unspecified atom stereocenters. The second-order valence-corrected chi connectivity index (χ2v) is 6.89. The van der Waals surface area contributed by atoms with Gasteiger partial charge in [0.05, 0.1) is 11.3 Å². The van der Waals surface area contributed by atoms with E-state index in [2.05, 4.69) is 4.98 Å². The second-order valence-electron chi connectivity index (χ2n) is 6.89. The number of nitrogens with two attached hydrogens (primary N) is 1. The molecule has 31 heavy (non-hydrogen) atoms. The van der Waals surface area contributed by atoms with Gasteiger partial charge in [-0.05, 0) is 47.0 Å². The Morgan fingerprint density at radius 2 is 1.74 bits per heavy atom. The molecule has 0 aliphatic rings. The highest BCUT2D eigenvalue weighted by atomic mass is 19.1. The summed E-state index contributed by atoms with van der Waals surface area (Å²) >= 11 is 0. The molecule has 4 aromatic rings. The quantitative estimate of drug-likeness (QED) is 0.435. The van der Waals surface area contributed by atoms with Gasteiger partial charge in [-0.1, -0.05) is 42.5 Å². The van der Waals surface area contributed by atoms with Gasteiger partial charge >= 0.3 is 5.97 Å². The van der Waals surface area contributed by atoms with E-state index < -0.39 is 11.8 Å². The van der Waals surface area contributed by atoms with Crippen molar-refractivity contribution in [1.82, 2.24) is 4.98 Å². The Morgan fingerprint density at radius 3 is 2.55 bits per heavy atom. The van der Waals surface area contributed by atoms with Gasteiger partial charge in [0.1, 0.15) is 11.6 Å². The molecule has 0 bridgehead atoms. The van der Waals surface area contributed by atoms with Crippen LogP contribution in [0.4, 0.5) is 4.39 Å².